The Labute approximate surface area is 76.1 Å². The topological polar surface area (TPSA) is 3.24 Å². The van der Waals surface area contributed by atoms with Crippen molar-refractivity contribution in [1.29, 1.82) is 0 Å². The minimum Gasteiger partial charge on any atom is -0.349 e. The van der Waals surface area contributed by atoms with E-state index >= 15 is 0 Å². The first-order valence-electron chi connectivity index (χ1n) is 4.28. The van der Waals surface area contributed by atoms with Gasteiger partial charge in [-0.05, 0) is 32.5 Å². The summed E-state index contributed by atoms with van der Waals surface area (Å²) in [6.07, 6.45) is 8.59. The van der Waals surface area contributed by atoms with E-state index in [1.165, 1.54) is 0 Å². The van der Waals surface area contributed by atoms with Crippen molar-refractivity contribution in [3.05, 3.63) is 37.7 Å². The SMILES string of the molecule is C=C/C=C\N(C=C)C(C)(C)CC. The fourth-order valence-electron chi connectivity index (χ4n) is 0.846. The molecule has 0 aromatic heterocycles. The first-order valence-corrected chi connectivity index (χ1v) is 4.28. The van der Waals surface area contributed by atoms with E-state index in [-0.39, 0.29) is 5.54 Å². The Bertz CT molecular complexity index is 177. The standard InChI is InChI=1S/C11H19N/c1-6-9-10-12(8-3)11(4,5)7-2/h6,8-10H,1,3,7H2,2,4-5H3/b10-9-. The number of nitrogens with zero attached hydrogens (tertiary/aromatic N) is 1. The molecule has 0 aromatic carbocycles. The highest BCUT2D eigenvalue weighted by Crippen LogP contribution is 2.18. The Kier molecular flexibility index (Phi) is 4.42. The zero-order valence-electron chi connectivity index (χ0n) is 8.38. The third-order valence-electron chi connectivity index (χ3n) is 2.14. The van der Waals surface area contributed by atoms with Gasteiger partial charge in [-0.25, -0.2) is 0 Å². The molecular weight excluding hydrogens is 146 g/mol. The Morgan fingerprint density at radius 2 is 1.92 bits per heavy atom. The van der Waals surface area contributed by atoms with E-state index in [4.69, 9.17) is 0 Å². The highest BCUT2D eigenvalue weighted by atomic mass is 15.1. The number of hydrogen-bond acceptors (Lipinski definition) is 1. The molecule has 0 atom stereocenters. The molecule has 0 saturated heterocycles. The Balaban J connectivity index is 4.43. The zero-order chi connectivity index (χ0) is 9.61. The lowest BCUT2D eigenvalue weighted by molar-refractivity contribution is 0.245. The van der Waals surface area contributed by atoms with E-state index in [0.717, 1.165) is 6.42 Å². The van der Waals surface area contributed by atoms with Gasteiger partial charge < -0.3 is 4.90 Å². The van der Waals surface area contributed by atoms with E-state index in [9.17, 15) is 0 Å². The van der Waals surface area contributed by atoms with Crippen LogP contribution in [0.15, 0.2) is 37.7 Å². The first-order chi connectivity index (χ1) is 5.58. The lowest BCUT2D eigenvalue weighted by Crippen LogP contribution is -2.35. The van der Waals surface area contributed by atoms with E-state index in [0.29, 0.717) is 0 Å². The van der Waals surface area contributed by atoms with Gasteiger partial charge in [-0.1, -0.05) is 26.2 Å². The summed E-state index contributed by atoms with van der Waals surface area (Å²) in [4.78, 5) is 2.09. The molecule has 0 aromatic rings. The molecule has 0 aliphatic carbocycles. The van der Waals surface area contributed by atoms with Crippen LogP contribution in [0, 0.1) is 0 Å². The molecule has 12 heavy (non-hydrogen) atoms. The first kappa shape index (κ1) is 11.0. The molecular formula is C11H19N. The summed E-state index contributed by atoms with van der Waals surface area (Å²) >= 11 is 0. The molecule has 1 nitrogen and oxygen atoms in total. The Morgan fingerprint density at radius 1 is 1.33 bits per heavy atom. The van der Waals surface area contributed by atoms with Gasteiger partial charge in [0.15, 0.2) is 0 Å². The lowest BCUT2D eigenvalue weighted by Gasteiger charge is -2.34. The largest absolute Gasteiger partial charge is 0.349 e. The molecule has 1 heteroatoms. The van der Waals surface area contributed by atoms with Crippen LogP contribution in [-0.4, -0.2) is 10.4 Å². The Morgan fingerprint density at radius 3 is 2.25 bits per heavy atom. The van der Waals surface area contributed by atoms with Gasteiger partial charge in [-0.3, -0.25) is 0 Å². The van der Waals surface area contributed by atoms with Crippen LogP contribution in [0.25, 0.3) is 0 Å². The zero-order valence-corrected chi connectivity index (χ0v) is 8.38. The summed E-state index contributed by atoms with van der Waals surface area (Å²) < 4.78 is 0. The van der Waals surface area contributed by atoms with E-state index < -0.39 is 0 Å². The molecule has 0 aliphatic heterocycles. The molecule has 0 rings (SSSR count). The molecule has 0 fully saturated rings. The second-order valence-electron chi connectivity index (χ2n) is 3.33. The minimum atomic E-state index is 0.140. The fraction of sp³-hybridized carbons (Fsp3) is 0.455. The van der Waals surface area contributed by atoms with Crippen molar-refractivity contribution < 1.29 is 0 Å². The van der Waals surface area contributed by atoms with Crippen molar-refractivity contribution in [3.8, 4) is 0 Å². The highest BCUT2D eigenvalue weighted by molar-refractivity contribution is 5.03. The van der Waals surface area contributed by atoms with Crippen LogP contribution in [0.5, 0.6) is 0 Å². The van der Waals surface area contributed by atoms with Crippen molar-refractivity contribution in [2.24, 2.45) is 0 Å². The average molecular weight is 165 g/mol. The highest BCUT2D eigenvalue weighted by Gasteiger charge is 2.18. The average Bonchev–Trinajstić information content (AvgIpc) is 2.05. The molecule has 0 heterocycles. The summed E-state index contributed by atoms with van der Waals surface area (Å²) in [7, 11) is 0. The van der Waals surface area contributed by atoms with E-state index in [1.54, 1.807) is 6.08 Å². The van der Waals surface area contributed by atoms with Gasteiger partial charge in [0.1, 0.15) is 0 Å². The molecule has 0 bridgehead atoms. The quantitative estimate of drug-likeness (QED) is 0.565. The predicted molar refractivity (Wildman–Crippen MR) is 55.7 cm³/mol. The van der Waals surface area contributed by atoms with Gasteiger partial charge in [0.2, 0.25) is 0 Å². The van der Waals surface area contributed by atoms with Gasteiger partial charge in [-0.2, -0.15) is 0 Å². The molecule has 0 amide bonds. The maximum atomic E-state index is 3.77. The smallest absolute Gasteiger partial charge is 0.0380 e. The van der Waals surface area contributed by atoms with Crippen molar-refractivity contribution in [3.63, 3.8) is 0 Å². The second kappa shape index (κ2) is 4.81. The summed E-state index contributed by atoms with van der Waals surface area (Å²) in [5.74, 6) is 0. The van der Waals surface area contributed by atoms with Crippen molar-refractivity contribution in [2.75, 3.05) is 0 Å². The predicted octanol–water partition coefficient (Wildman–Crippen LogP) is 3.32. The second-order valence-corrected chi connectivity index (χ2v) is 3.33. The van der Waals surface area contributed by atoms with Gasteiger partial charge in [0.25, 0.3) is 0 Å². The van der Waals surface area contributed by atoms with Gasteiger partial charge in [0, 0.05) is 11.7 Å². The fourth-order valence-corrected chi connectivity index (χ4v) is 0.846. The maximum Gasteiger partial charge on any atom is 0.0380 e. The molecule has 0 spiro atoms. The molecule has 0 aliphatic rings. The third-order valence-corrected chi connectivity index (χ3v) is 2.14. The molecule has 0 radical (unpaired) electrons. The number of hydrogen-bond donors (Lipinski definition) is 0. The van der Waals surface area contributed by atoms with Gasteiger partial charge in [-0.15, -0.1) is 0 Å². The van der Waals surface area contributed by atoms with Crippen molar-refractivity contribution >= 4 is 0 Å². The van der Waals surface area contributed by atoms with Gasteiger partial charge >= 0.3 is 0 Å². The maximum absolute atomic E-state index is 3.77. The normalized spacial score (nSPS) is 11.6. The van der Waals surface area contributed by atoms with Crippen LogP contribution in [-0.2, 0) is 0 Å². The van der Waals surface area contributed by atoms with Crippen molar-refractivity contribution in [1.82, 2.24) is 4.90 Å². The van der Waals surface area contributed by atoms with Crippen LogP contribution < -0.4 is 0 Å². The van der Waals surface area contributed by atoms with Crippen molar-refractivity contribution in [2.45, 2.75) is 32.7 Å². The monoisotopic (exact) mass is 165 g/mol. The minimum absolute atomic E-state index is 0.140. The summed E-state index contributed by atoms with van der Waals surface area (Å²) in [5.41, 5.74) is 0.140. The van der Waals surface area contributed by atoms with Crippen LogP contribution in [0.1, 0.15) is 27.2 Å². The molecule has 68 valence electrons. The summed E-state index contributed by atoms with van der Waals surface area (Å²) in [5, 5.41) is 0. The molecule has 0 saturated carbocycles. The van der Waals surface area contributed by atoms with E-state index in [2.05, 4.69) is 38.8 Å². The lowest BCUT2D eigenvalue weighted by atomic mass is 10.0. The third kappa shape index (κ3) is 2.95. The van der Waals surface area contributed by atoms with Crippen LogP contribution in [0.4, 0.5) is 0 Å². The van der Waals surface area contributed by atoms with Gasteiger partial charge in [0.05, 0.1) is 0 Å². The van der Waals surface area contributed by atoms with E-state index in [1.807, 2.05) is 18.5 Å². The van der Waals surface area contributed by atoms with Crippen LogP contribution >= 0.6 is 0 Å². The van der Waals surface area contributed by atoms with Crippen LogP contribution in [0.3, 0.4) is 0 Å². The van der Waals surface area contributed by atoms with Crippen LogP contribution in [0.2, 0.25) is 0 Å². The summed E-state index contributed by atoms with van der Waals surface area (Å²) in [6.45, 7) is 13.9. The molecule has 0 N–H and O–H groups in total. The molecule has 0 unspecified atom stereocenters. The number of rotatable bonds is 5. The Hall–Kier alpha value is -0.980. The summed E-state index contributed by atoms with van der Waals surface area (Å²) in [6, 6.07) is 0. The number of allylic oxidation sites excluding steroid dienone is 2.